The van der Waals surface area contributed by atoms with Gasteiger partial charge in [-0.1, -0.05) is 50.1 Å². The molecule has 2 rings (SSSR count). The summed E-state index contributed by atoms with van der Waals surface area (Å²) in [5.74, 6) is 0.122. The van der Waals surface area contributed by atoms with E-state index in [1.54, 1.807) is 38.1 Å². The highest BCUT2D eigenvalue weighted by atomic mass is 16.5. The minimum absolute atomic E-state index is 0.260. The standard InChI is InChI=1S/C23H30N2O3/c1-4-5-9-16-24-21(26)23(2,3)22(27)25-19-12-14-20(15-13-19)28-17-18-10-7-6-8-11-18/h6-8,10-15H,4-5,9,16-17H2,1-3H3,(H,24,26)(H,25,27). The van der Waals surface area contributed by atoms with Gasteiger partial charge in [0, 0.05) is 12.2 Å². The Balaban J connectivity index is 1.86. The van der Waals surface area contributed by atoms with Gasteiger partial charge in [-0.2, -0.15) is 0 Å². The molecule has 0 fully saturated rings. The lowest BCUT2D eigenvalue weighted by Crippen LogP contribution is -2.45. The molecule has 2 amide bonds. The van der Waals surface area contributed by atoms with Crippen LogP contribution in [-0.4, -0.2) is 18.4 Å². The van der Waals surface area contributed by atoms with Crippen LogP contribution in [0.15, 0.2) is 54.6 Å². The van der Waals surface area contributed by atoms with E-state index in [0.717, 1.165) is 30.6 Å². The molecule has 0 saturated heterocycles. The van der Waals surface area contributed by atoms with E-state index < -0.39 is 5.41 Å². The van der Waals surface area contributed by atoms with Crippen LogP contribution < -0.4 is 15.4 Å². The summed E-state index contributed by atoms with van der Waals surface area (Å²) in [4.78, 5) is 24.9. The van der Waals surface area contributed by atoms with E-state index in [2.05, 4.69) is 17.6 Å². The fourth-order valence-corrected chi connectivity index (χ4v) is 2.56. The van der Waals surface area contributed by atoms with E-state index in [9.17, 15) is 9.59 Å². The molecule has 0 aliphatic heterocycles. The maximum atomic E-state index is 12.6. The van der Waals surface area contributed by atoms with E-state index in [1.807, 2.05) is 30.3 Å². The van der Waals surface area contributed by atoms with Gasteiger partial charge in [0.1, 0.15) is 17.8 Å². The topological polar surface area (TPSA) is 67.4 Å². The molecule has 0 aromatic heterocycles. The lowest BCUT2D eigenvalue weighted by molar-refractivity contribution is -0.138. The first kappa shape index (κ1) is 21.5. The monoisotopic (exact) mass is 382 g/mol. The first-order valence-electron chi connectivity index (χ1n) is 9.80. The maximum absolute atomic E-state index is 12.6. The Morgan fingerprint density at radius 1 is 0.929 bits per heavy atom. The van der Waals surface area contributed by atoms with Crippen LogP contribution in [0.5, 0.6) is 5.75 Å². The van der Waals surface area contributed by atoms with Crippen molar-refractivity contribution >= 4 is 17.5 Å². The van der Waals surface area contributed by atoms with Gasteiger partial charge in [-0.25, -0.2) is 0 Å². The molecule has 0 bridgehead atoms. The lowest BCUT2D eigenvalue weighted by atomic mass is 9.91. The summed E-state index contributed by atoms with van der Waals surface area (Å²) in [6.45, 7) is 6.45. The van der Waals surface area contributed by atoms with Gasteiger partial charge in [-0.15, -0.1) is 0 Å². The first-order valence-corrected chi connectivity index (χ1v) is 9.80. The van der Waals surface area contributed by atoms with Gasteiger partial charge in [-0.05, 0) is 50.1 Å². The molecule has 2 N–H and O–H groups in total. The highest BCUT2D eigenvalue weighted by molar-refractivity contribution is 6.09. The van der Waals surface area contributed by atoms with E-state index in [1.165, 1.54) is 0 Å². The zero-order valence-corrected chi connectivity index (χ0v) is 17.0. The summed E-state index contributed by atoms with van der Waals surface area (Å²) in [6.07, 6.45) is 3.07. The molecule has 5 heteroatoms. The van der Waals surface area contributed by atoms with Crippen LogP contribution in [0.25, 0.3) is 0 Å². The highest BCUT2D eigenvalue weighted by Gasteiger charge is 2.35. The van der Waals surface area contributed by atoms with Crippen molar-refractivity contribution in [1.82, 2.24) is 5.32 Å². The Morgan fingerprint density at radius 2 is 1.61 bits per heavy atom. The van der Waals surface area contributed by atoms with Gasteiger partial charge in [0.25, 0.3) is 0 Å². The van der Waals surface area contributed by atoms with E-state index in [-0.39, 0.29) is 11.8 Å². The Kier molecular flexibility index (Phi) is 8.05. The number of carbonyl (C=O) groups excluding carboxylic acids is 2. The summed E-state index contributed by atoms with van der Waals surface area (Å²) < 4.78 is 5.74. The summed E-state index contributed by atoms with van der Waals surface area (Å²) in [5, 5.41) is 5.66. The minimum atomic E-state index is -1.14. The normalized spacial score (nSPS) is 11.0. The van der Waals surface area contributed by atoms with Gasteiger partial charge in [0.15, 0.2) is 0 Å². The Hall–Kier alpha value is -2.82. The molecule has 0 saturated carbocycles. The summed E-state index contributed by atoms with van der Waals surface area (Å²) in [7, 11) is 0. The van der Waals surface area contributed by atoms with Crippen LogP contribution >= 0.6 is 0 Å². The number of hydrogen-bond donors (Lipinski definition) is 2. The average molecular weight is 383 g/mol. The van der Waals surface area contributed by atoms with Crippen LogP contribution in [0.3, 0.4) is 0 Å². The Morgan fingerprint density at radius 3 is 2.25 bits per heavy atom. The number of rotatable bonds is 10. The molecule has 2 aromatic rings. The van der Waals surface area contributed by atoms with Gasteiger partial charge < -0.3 is 15.4 Å². The quantitative estimate of drug-likeness (QED) is 0.468. The second kappa shape index (κ2) is 10.5. The first-order chi connectivity index (χ1) is 13.4. The Labute approximate surface area is 167 Å². The molecule has 0 aliphatic rings. The smallest absolute Gasteiger partial charge is 0.239 e. The molecule has 0 radical (unpaired) electrons. The zero-order chi connectivity index (χ0) is 20.4. The van der Waals surface area contributed by atoms with Crippen molar-refractivity contribution in [2.75, 3.05) is 11.9 Å². The SMILES string of the molecule is CCCCCNC(=O)C(C)(C)C(=O)Nc1ccc(OCc2ccccc2)cc1. The largest absolute Gasteiger partial charge is 0.489 e. The molecular formula is C23H30N2O3. The van der Waals surface area contributed by atoms with Gasteiger partial charge in [-0.3, -0.25) is 9.59 Å². The van der Waals surface area contributed by atoms with Gasteiger partial charge in [0.2, 0.25) is 11.8 Å². The number of anilines is 1. The highest BCUT2D eigenvalue weighted by Crippen LogP contribution is 2.21. The number of hydrogen-bond acceptors (Lipinski definition) is 3. The maximum Gasteiger partial charge on any atom is 0.239 e. The summed E-state index contributed by atoms with van der Waals surface area (Å²) in [5.41, 5.74) is 0.574. The predicted molar refractivity (Wildman–Crippen MR) is 112 cm³/mol. The molecule has 0 atom stereocenters. The molecule has 2 aromatic carbocycles. The summed E-state index contributed by atoms with van der Waals surface area (Å²) in [6, 6.07) is 17.1. The molecule has 0 unspecified atom stereocenters. The van der Waals surface area contributed by atoms with Crippen LogP contribution in [0.2, 0.25) is 0 Å². The number of nitrogens with one attached hydrogen (secondary N) is 2. The second-order valence-corrected chi connectivity index (χ2v) is 7.34. The third-order valence-corrected chi connectivity index (χ3v) is 4.56. The minimum Gasteiger partial charge on any atom is -0.489 e. The molecule has 0 aliphatic carbocycles. The fraction of sp³-hybridized carbons (Fsp3) is 0.391. The van der Waals surface area contributed by atoms with Crippen molar-refractivity contribution in [2.24, 2.45) is 5.41 Å². The number of carbonyl (C=O) groups is 2. The van der Waals surface area contributed by atoms with E-state index >= 15 is 0 Å². The van der Waals surface area contributed by atoms with Crippen LogP contribution in [0, 0.1) is 5.41 Å². The van der Waals surface area contributed by atoms with E-state index in [4.69, 9.17) is 4.74 Å². The van der Waals surface area contributed by atoms with Crippen molar-refractivity contribution in [3.8, 4) is 5.75 Å². The van der Waals surface area contributed by atoms with Crippen molar-refractivity contribution < 1.29 is 14.3 Å². The second-order valence-electron chi connectivity index (χ2n) is 7.34. The number of ether oxygens (including phenoxy) is 1. The number of benzene rings is 2. The summed E-state index contributed by atoms with van der Waals surface area (Å²) >= 11 is 0. The molecule has 28 heavy (non-hydrogen) atoms. The third-order valence-electron chi connectivity index (χ3n) is 4.56. The Bertz CT molecular complexity index is 755. The lowest BCUT2D eigenvalue weighted by Gasteiger charge is -2.22. The van der Waals surface area contributed by atoms with E-state index in [0.29, 0.717) is 18.8 Å². The predicted octanol–water partition coefficient (Wildman–Crippen LogP) is 4.54. The van der Waals surface area contributed by atoms with Crippen molar-refractivity contribution in [3.05, 3.63) is 60.2 Å². The molecule has 0 heterocycles. The van der Waals surface area contributed by atoms with Crippen molar-refractivity contribution in [3.63, 3.8) is 0 Å². The van der Waals surface area contributed by atoms with Crippen molar-refractivity contribution in [2.45, 2.75) is 46.6 Å². The molecule has 0 spiro atoms. The third kappa shape index (κ3) is 6.41. The van der Waals surface area contributed by atoms with Crippen LogP contribution in [0.1, 0.15) is 45.6 Å². The average Bonchev–Trinajstić information content (AvgIpc) is 2.71. The molecular weight excluding hydrogens is 352 g/mol. The number of amides is 2. The van der Waals surface area contributed by atoms with Crippen molar-refractivity contribution in [1.29, 1.82) is 0 Å². The number of unbranched alkanes of at least 4 members (excludes halogenated alkanes) is 2. The fourth-order valence-electron chi connectivity index (χ4n) is 2.56. The molecule has 150 valence electrons. The van der Waals surface area contributed by atoms with Crippen LogP contribution in [-0.2, 0) is 16.2 Å². The van der Waals surface area contributed by atoms with Crippen LogP contribution in [0.4, 0.5) is 5.69 Å². The molecule has 5 nitrogen and oxygen atoms in total. The van der Waals surface area contributed by atoms with Gasteiger partial charge in [0.05, 0.1) is 0 Å². The zero-order valence-electron chi connectivity index (χ0n) is 17.0. The van der Waals surface area contributed by atoms with Gasteiger partial charge >= 0.3 is 0 Å².